The summed E-state index contributed by atoms with van der Waals surface area (Å²) in [6.45, 7) is 6.07. The fourth-order valence-electron chi connectivity index (χ4n) is 4.02. The Morgan fingerprint density at radius 2 is 1.79 bits per heavy atom. The first kappa shape index (κ1) is 23.3. The Labute approximate surface area is 194 Å². The van der Waals surface area contributed by atoms with Crippen molar-refractivity contribution in [1.29, 1.82) is 0 Å². The summed E-state index contributed by atoms with van der Waals surface area (Å²) in [7, 11) is -2.32. The molecule has 2 aliphatic heterocycles. The Bertz CT molecular complexity index is 1080. The van der Waals surface area contributed by atoms with E-state index in [0.29, 0.717) is 25.4 Å². The minimum Gasteiger partial charge on any atom is -0.494 e. The second-order valence-electron chi connectivity index (χ2n) is 8.16. The number of nitrogens with one attached hydrogen (secondary N) is 1. The topological polar surface area (TPSA) is 89.8 Å². The Morgan fingerprint density at radius 3 is 2.48 bits per heavy atom. The molecular formula is C23H30N3O6S+. The van der Waals surface area contributed by atoms with E-state index in [1.165, 1.54) is 24.1 Å². The van der Waals surface area contributed by atoms with E-state index in [9.17, 15) is 13.2 Å². The smallest absolute Gasteiger partial charge is 0.243 e. The first-order chi connectivity index (χ1) is 15.9. The molecule has 2 heterocycles. The highest BCUT2D eigenvalue weighted by molar-refractivity contribution is 7.89. The van der Waals surface area contributed by atoms with Crippen molar-refractivity contribution in [2.45, 2.75) is 18.4 Å². The monoisotopic (exact) mass is 476 g/mol. The maximum absolute atomic E-state index is 12.8. The van der Waals surface area contributed by atoms with E-state index in [4.69, 9.17) is 14.2 Å². The molecule has 0 aliphatic carbocycles. The Kier molecular flexibility index (Phi) is 7.06. The highest BCUT2D eigenvalue weighted by Crippen LogP contribution is 2.32. The van der Waals surface area contributed by atoms with E-state index in [0.717, 1.165) is 41.0 Å². The third kappa shape index (κ3) is 5.40. The zero-order valence-electron chi connectivity index (χ0n) is 19.0. The number of sulfonamides is 1. The summed E-state index contributed by atoms with van der Waals surface area (Å²) in [6, 6.07) is 12.2. The lowest BCUT2D eigenvalue weighted by Crippen LogP contribution is -3.13. The summed E-state index contributed by atoms with van der Waals surface area (Å²) in [5, 5.41) is 0. The van der Waals surface area contributed by atoms with Gasteiger partial charge in [0.25, 0.3) is 0 Å². The van der Waals surface area contributed by atoms with Gasteiger partial charge >= 0.3 is 0 Å². The first-order valence-corrected chi connectivity index (χ1v) is 12.5. The van der Waals surface area contributed by atoms with Gasteiger partial charge in [-0.2, -0.15) is 4.31 Å². The summed E-state index contributed by atoms with van der Waals surface area (Å²) in [6.07, 6.45) is 0. The zero-order valence-corrected chi connectivity index (χ0v) is 19.8. The fourth-order valence-corrected chi connectivity index (χ4v) is 5.14. The molecule has 0 saturated carbocycles. The number of carbonyl (C=O) groups excluding carboxylic acids is 1. The third-order valence-electron chi connectivity index (χ3n) is 5.92. The summed E-state index contributed by atoms with van der Waals surface area (Å²) >= 11 is 0. The number of benzene rings is 2. The number of piperazine rings is 1. The highest BCUT2D eigenvalue weighted by Gasteiger charge is 2.28. The lowest BCUT2D eigenvalue weighted by atomic mass is 10.1. The van der Waals surface area contributed by atoms with Gasteiger partial charge in [0.2, 0.25) is 22.7 Å². The summed E-state index contributed by atoms with van der Waals surface area (Å²) < 4.78 is 43.0. The molecule has 1 saturated heterocycles. The van der Waals surface area contributed by atoms with E-state index >= 15 is 0 Å². The van der Waals surface area contributed by atoms with Crippen LogP contribution >= 0.6 is 0 Å². The molecule has 33 heavy (non-hydrogen) atoms. The van der Waals surface area contributed by atoms with Gasteiger partial charge in [0.1, 0.15) is 12.3 Å². The van der Waals surface area contributed by atoms with Crippen LogP contribution < -0.4 is 19.1 Å². The normalized spacial score (nSPS) is 16.3. The van der Waals surface area contributed by atoms with Crippen molar-refractivity contribution < 1.29 is 32.3 Å². The number of hydrogen-bond donors (Lipinski definition) is 1. The lowest BCUT2D eigenvalue weighted by molar-refractivity contribution is -0.917. The third-order valence-corrected chi connectivity index (χ3v) is 7.73. The lowest BCUT2D eigenvalue weighted by Gasteiger charge is -2.33. The van der Waals surface area contributed by atoms with Crippen LogP contribution in [0.1, 0.15) is 12.5 Å². The van der Waals surface area contributed by atoms with Crippen molar-refractivity contribution in [2.24, 2.45) is 0 Å². The van der Waals surface area contributed by atoms with E-state index in [2.05, 4.69) is 0 Å². The van der Waals surface area contributed by atoms with E-state index in [1.807, 2.05) is 25.1 Å². The van der Waals surface area contributed by atoms with Crippen LogP contribution in [0.4, 0.5) is 0 Å². The summed E-state index contributed by atoms with van der Waals surface area (Å²) in [4.78, 5) is 16.0. The van der Waals surface area contributed by atoms with Crippen molar-refractivity contribution in [2.75, 3.05) is 53.2 Å². The number of quaternary nitrogens is 1. The van der Waals surface area contributed by atoms with Gasteiger partial charge in [-0.05, 0) is 49.4 Å². The van der Waals surface area contributed by atoms with Gasteiger partial charge in [0, 0.05) is 12.6 Å². The molecular weight excluding hydrogens is 446 g/mol. The zero-order chi connectivity index (χ0) is 23.4. The van der Waals surface area contributed by atoms with E-state index < -0.39 is 10.0 Å². The van der Waals surface area contributed by atoms with Crippen molar-refractivity contribution in [3.8, 4) is 17.2 Å². The molecule has 0 unspecified atom stereocenters. The number of carbonyl (C=O) groups is 1. The number of amides is 1. The molecule has 2 aromatic carbocycles. The molecule has 1 N–H and O–H groups in total. The molecule has 9 nitrogen and oxygen atoms in total. The van der Waals surface area contributed by atoms with Crippen LogP contribution in [0.5, 0.6) is 17.2 Å². The molecule has 2 aliphatic rings. The van der Waals surface area contributed by atoms with Gasteiger partial charge in [-0.3, -0.25) is 4.79 Å². The van der Waals surface area contributed by atoms with Gasteiger partial charge in [0.05, 0.1) is 44.2 Å². The maximum Gasteiger partial charge on any atom is 0.243 e. The van der Waals surface area contributed by atoms with Crippen molar-refractivity contribution in [3.05, 3.63) is 48.0 Å². The average molecular weight is 477 g/mol. The van der Waals surface area contributed by atoms with Crippen LogP contribution in [0.15, 0.2) is 47.4 Å². The fraction of sp³-hybridized carbons (Fsp3) is 0.435. The molecule has 0 radical (unpaired) electrons. The molecule has 0 bridgehead atoms. The van der Waals surface area contributed by atoms with Gasteiger partial charge in [-0.15, -0.1) is 0 Å². The van der Waals surface area contributed by atoms with E-state index in [1.54, 1.807) is 17.0 Å². The van der Waals surface area contributed by atoms with Crippen LogP contribution in [-0.4, -0.2) is 76.7 Å². The Morgan fingerprint density at radius 1 is 1.09 bits per heavy atom. The van der Waals surface area contributed by atoms with Gasteiger partial charge < -0.3 is 24.0 Å². The van der Waals surface area contributed by atoms with Crippen LogP contribution in [0, 0.1) is 0 Å². The SMILES string of the molecule is CCOc1ccc(S(=O)(=O)N(C)CC(=O)N2CC[NH+](Cc3ccc4c(c3)OCO4)CC2)cc1. The molecule has 0 aromatic heterocycles. The Balaban J connectivity index is 1.28. The minimum absolute atomic E-state index is 0.138. The largest absolute Gasteiger partial charge is 0.494 e. The van der Waals surface area contributed by atoms with Gasteiger partial charge in [0.15, 0.2) is 11.5 Å². The summed E-state index contributed by atoms with van der Waals surface area (Å²) in [5.74, 6) is 1.97. The molecule has 4 rings (SSSR count). The number of nitrogens with zero attached hydrogens (tertiary/aromatic N) is 2. The van der Waals surface area contributed by atoms with Gasteiger partial charge in [-0.1, -0.05) is 0 Å². The molecule has 0 spiro atoms. The second kappa shape index (κ2) is 9.98. The number of fused-ring (bicyclic) bond motifs is 1. The van der Waals surface area contributed by atoms with Crippen LogP contribution in [-0.2, 0) is 21.4 Å². The average Bonchev–Trinajstić information content (AvgIpc) is 3.28. The number of hydrogen-bond acceptors (Lipinski definition) is 6. The quantitative estimate of drug-likeness (QED) is 0.592. The molecule has 1 fully saturated rings. The number of likely N-dealkylation sites (N-methyl/N-ethyl adjacent to an activating group) is 1. The molecule has 178 valence electrons. The van der Waals surface area contributed by atoms with Crippen molar-refractivity contribution in [3.63, 3.8) is 0 Å². The standard InChI is InChI=1S/C23H29N3O6S/c1-3-30-19-5-7-20(8-6-19)33(28,29)24(2)16-23(27)26-12-10-25(11-13-26)15-18-4-9-21-22(14-18)32-17-31-21/h4-9,14H,3,10-13,15-17H2,1-2H3/p+1. The molecule has 1 amide bonds. The van der Waals surface area contributed by atoms with Crippen molar-refractivity contribution >= 4 is 15.9 Å². The van der Waals surface area contributed by atoms with Crippen LogP contribution in [0.2, 0.25) is 0 Å². The first-order valence-electron chi connectivity index (χ1n) is 11.1. The van der Waals surface area contributed by atoms with E-state index in [-0.39, 0.29) is 24.1 Å². The predicted octanol–water partition coefficient (Wildman–Crippen LogP) is 0.362. The predicted molar refractivity (Wildman–Crippen MR) is 121 cm³/mol. The molecule has 0 atom stereocenters. The van der Waals surface area contributed by atoms with Crippen LogP contribution in [0.25, 0.3) is 0 Å². The Hall–Kier alpha value is -2.82. The number of ether oxygens (including phenoxy) is 3. The second-order valence-corrected chi connectivity index (χ2v) is 10.2. The number of rotatable bonds is 8. The van der Waals surface area contributed by atoms with Crippen molar-refractivity contribution in [1.82, 2.24) is 9.21 Å². The summed E-state index contributed by atoms with van der Waals surface area (Å²) in [5.41, 5.74) is 1.16. The highest BCUT2D eigenvalue weighted by atomic mass is 32.2. The minimum atomic E-state index is -3.76. The molecule has 2 aromatic rings. The molecule has 10 heteroatoms. The maximum atomic E-state index is 12.8. The van der Waals surface area contributed by atoms with Gasteiger partial charge in [-0.25, -0.2) is 8.42 Å². The van der Waals surface area contributed by atoms with Crippen LogP contribution in [0.3, 0.4) is 0 Å².